The molecular formula is C17H24N4O2. The van der Waals surface area contributed by atoms with Crippen LogP contribution in [-0.2, 0) is 7.05 Å². The van der Waals surface area contributed by atoms with E-state index in [1.54, 1.807) is 4.68 Å². The van der Waals surface area contributed by atoms with E-state index in [1.165, 1.54) is 0 Å². The van der Waals surface area contributed by atoms with E-state index in [2.05, 4.69) is 10.4 Å². The van der Waals surface area contributed by atoms with Gasteiger partial charge in [-0.2, -0.15) is 5.10 Å². The third-order valence-corrected chi connectivity index (χ3v) is 4.73. The van der Waals surface area contributed by atoms with Crippen LogP contribution in [0.15, 0.2) is 6.07 Å². The molecule has 1 fully saturated rings. The molecule has 2 heterocycles. The van der Waals surface area contributed by atoms with Gasteiger partial charge in [0.2, 0.25) is 0 Å². The van der Waals surface area contributed by atoms with E-state index in [1.807, 2.05) is 33.9 Å². The molecule has 1 aliphatic rings. The number of nitrogens with one attached hydrogen (secondary N) is 1. The van der Waals surface area contributed by atoms with Gasteiger partial charge < -0.3 is 10.4 Å². The van der Waals surface area contributed by atoms with Gasteiger partial charge >= 0.3 is 0 Å². The molecule has 0 aromatic carbocycles. The van der Waals surface area contributed by atoms with Crippen molar-refractivity contribution in [3.63, 3.8) is 0 Å². The minimum atomic E-state index is -0.122. The lowest BCUT2D eigenvalue weighted by molar-refractivity contribution is 0.0917. The van der Waals surface area contributed by atoms with E-state index >= 15 is 0 Å². The monoisotopic (exact) mass is 316 g/mol. The van der Waals surface area contributed by atoms with Crippen LogP contribution >= 0.6 is 0 Å². The Morgan fingerprint density at radius 1 is 1.48 bits per heavy atom. The number of hydrogen-bond acceptors (Lipinski definition) is 4. The Labute approximate surface area is 135 Å². The number of carbonyl (C=O) groups is 1. The summed E-state index contributed by atoms with van der Waals surface area (Å²) in [6, 6.07) is 1.82. The maximum Gasteiger partial charge on any atom is 0.252 e. The van der Waals surface area contributed by atoms with Gasteiger partial charge in [0, 0.05) is 31.3 Å². The molecule has 1 amide bonds. The molecule has 0 aliphatic heterocycles. The number of rotatable bonds is 5. The van der Waals surface area contributed by atoms with Gasteiger partial charge in [0.05, 0.1) is 16.6 Å². The topological polar surface area (TPSA) is 80.0 Å². The van der Waals surface area contributed by atoms with Crippen molar-refractivity contribution in [1.29, 1.82) is 0 Å². The van der Waals surface area contributed by atoms with Gasteiger partial charge in [-0.25, -0.2) is 4.98 Å². The molecule has 0 spiro atoms. The molecule has 6 nitrogen and oxygen atoms in total. The Bertz CT molecular complexity index is 749. The van der Waals surface area contributed by atoms with E-state index in [0.717, 1.165) is 35.3 Å². The second kappa shape index (κ2) is 5.92. The average Bonchev–Trinajstić information content (AvgIpc) is 3.33. The molecule has 1 saturated carbocycles. The van der Waals surface area contributed by atoms with Gasteiger partial charge in [0.1, 0.15) is 0 Å². The van der Waals surface area contributed by atoms with Crippen molar-refractivity contribution >= 4 is 16.9 Å². The first-order valence-corrected chi connectivity index (χ1v) is 8.18. The minimum absolute atomic E-state index is 0.00850. The number of amides is 1. The lowest BCUT2D eigenvalue weighted by Crippen LogP contribution is -2.38. The molecule has 1 aliphatic carbocycles. The van der Waals surface area contributed by atoms with E-state index in [0.29, 0.717) is 11.5 Å². The number of nitrogens with zero attached hydrogens (tertiary/aromatic N) is 3. The minimum Gasteiger partial charge on any atom is -0.396 e. The number of fused-ring (bicyclic) bond motifs is 1. The standard InChI is InChI=1S/C17H24N4O2/c1-9(8-22)10(2)18-17(23)13-7-14(12-5-6-12)19-16-15(13)11(3)20-21(16)4/h7,9-10,12,22H,5-6,8H2,1-4H3,(H,18,23). The molecule has 2 atom stereocenters. The summed E-state index contributed by atoms with van der Waals surface area (Å²) >= 11 is 0. The smallest absolute Gasteiger partial charge is 0.252 e. The Morgan fingerprint density at radius 3 is 2.78 bits per heavy atom. The highest BCUT2D eigenvalue weighted by Gasteiger charge is 2.29. The Balaban J connectivity index is 2.02. The van der Waals surface area contributed by atoms with Crippen LogP contribution in [0.25, 0.3) is 11.0 Å². The summed E-state index contributed by atoms with van der Waals surface area (Å²) in [5.41, 5.74) is 3.19. The molecule has 2 N–H and O–H groups in total. The number of aryl methyl sites for hydroxylation is 2. The normalized spacial score (nSPS) is 17.3. The van der Waals surface area contributed by atoms with Crippen molar-refractivity contribution in [1.82, 2.24) is 20.1 Å². The Hall–Kier alpha value is -1.95. The SMILES string of the molecule is Cc1nn(C)c2nc(C3CC3)cc(C(=O)NC(C)C(C)CO)c12. The first-order valence-electron chi connectivity index (χ1n) is 8.18. The molecule has 2 aromatic rings. The fraction of sp³-hybridized carbons (Fsp3) is 0.588. The summed E-state index contributed by atoms with van der Waals surface area (Å²) in [7, 11) is 1.86. The number of aromatic nitrogens is 3. The summed E-state index contributed by atoms with van der Waals surface area (Å²) in [6.45, 7) is 5.77. The van der Waals surface area contributed by atoms with E-state index in [-0.39, 0.29) is 24.5 Å². The van der Waals surface area contributed by atoms with Crippen LogP contribution < -0.4 is 5.32 Å². The average molecular weight is 316 g/mol. The predicted octanol–water partition coefficient (Wildman–Crippen LogP) is 1.90. The van der Waals surface area contributed by atoms with Gasteiger partial charge in [-0.1, -0.05) is 6.92 Å². The number of hydrogen-bond donors (Lipinski definition) is 2. The van der Waals surface area contributed by atoms with Crippen molar-refractivity contribution in [2.75, 3.05) is 6.61 Å². The van der Waals surface area contributed by atoms with Crippen LogP contribution in [-0.4, -0.2) is 38.4 Å². The first-order chi connectivity index (χ1) is 10.9. The van der Waals surface area contributed by atoms with Gasteiger partial charge in [-0.15, -0.1) is 0 Å². The molecule has 2 unspecified atom stereocenters. The molecule has 2 aromatic heterocycles. The fourth-order valence-corrected chi connectivity index (χ4v) is 2.82. The highest BCUT2D eigenvalue weighted by molar-refractivity contribution is 6.06. The number of aliphatic hydroxyl groups excluding tert-OH is 1. The quantitative estimate of drug-likeness (QED) is 0.883. The zero-order valence-electron chi connectivity index (χ0n) is 14.1. The van der Waals surface area contributed by atoms with Crippen LogP contribution in [0, 0.1) is 12.8 Å². The van der Waals surface area contributed by atoms with Crippen LogP contribution in [0.3, 0.4) is 0 Å². The van der Waals surface area contributed by atoms with Gasteiger partial charge in [-0.05, 0) is 38.7 Å². The molecular weight excluding hydrogens is 292 g/mol. The fourth-order valence-electron chi connectivity index (χ4n) is 2.82. The number of pyridine rings is 1. The molecule has 0 radical (unpaired) electrons. The van der Waals surface area contributed by atoms with Crippen molar-refractivity contribution in [2.24, 2.45) is 13.0 Å². The summed E-state index contributed by atoms with van der Waals surface area (Å²) in [4.78, 5) is 17.5. The Morgan fingerprint density at radius 2 is 2.17 bits per heavy atom. The molecule has 23 heavy (non-hydrogen) atoms. The van der Waals surface area contributed by atoms with Crippen LogP contribution in [0.4, 0.5) is 0 Å². The molecule has 0 saturated heterocycles. The molecule has 124 valence electrons. The lowest BCUT2D eigenvalue weighted by Gasteiger charge is -2.19. The zero-order valence-corrected chi connectivity index (χ0v) is 14.1. The second-order valence-corrected chi connectivity index (χ2v) is 6.70. The van der Waals surface area contributed by atoms with Crippen molar-refractivity contribution in [2.45, 2.75) is 45.6 Å². The molecule has 0 bridgehead atoms. The van der Waals surface area contributed by atoms with Crippen molar-refractivity contribution < 1.29 is 9.90 Å². The third kappa shape index (κ3) is 2.95. The largest absolute Gasteiger partial charge is 0.396 e. The van der Waals surface area contributed by atoms with Gasteiger partial charge in [-0.3, -0.25) is 9.48 Å². The van der Waals surface area contributed by atoms with Crippen LogP contribution in [0.2, 0.25) is 0 Å². The summed E-state index contributed by atoms with van der Waals surface area (Å²) in [5.74, 6) is 0.354. The Kier molecular flexibility index (Phi) is 4.10. The second-order valence-electron chi connectivity index (χ2n) is 6.70. The summed E-state index contributed by atoms with van der Waals surface area (Å²) < 4.78 is 1.74. The summed E-state index contributed by atoms with van der Waals surface area (Å²) in [6.07, 6.45) is 2.27. The van der Waals surface area contributed by atoms with Crippen LogP contribution in [0.5, 0.6) is 0 Å². The number of carbonyl (C=O) groups excluding carboxylic acids is 1. The molecule has 3 rings (SSSR count). The van der Waals surface area contributed by atoms with Gasteiger partial charge in [0.25, 0.3) is 5.91 Å². The van der Waals surface area contributed by atoms with E-state index in [4.69, 9.17) is 4.98 Å². The van der Waals surface area contributed by atoms with Gasteiger partial charge in [0.15, 0.2) is 5.65 Å². The highest BCUT2D eigenvalue weighted by Crippen LogP contribution is 2.40. The highest BCUT2D eigenvalue weighted by atomic mass is 16.3. The number of aliphatic hydroxyl groups is 1. The maximum absolute atomic E-state index is 12.8. The van der Waals surface area contributed by atoms with E-state index in [9.17, 15) is 9.90 Å². The first kappa shape index (κ1) is 15.9. The third-order valence-electron chi connectivity index (χ3n) is 4.73. The lowest BCUT2D eigenvalue weighted by atomic mass is 10.0. The van der Waals surface area contributed by atoms with Crippen molar-refractivity contribution in [3.8, 4) is 0 Å². The van der Waals surface area contributed by atoms with Crippen molar-refractivity contribution in [3.05, 3.63) is 23.0 Å². The van der Waals surface area contributed by atoms with E-state index < -0.39 is 0 Å². The predicted molar refractivity (Wildman–Crippen MR) is 88.4 cm³/mol. The zero-order chi connectivity index (χ0) is 16.7. The maximum atomic E-state index is 12.8. The molecule has 6 heteroatoms. The van der Waals surface area contributed by atoms with Crippen LogP contribution in [0.1, 0.15) is 54.4 Å². The summed E-state index contributed by atoms with van der Waals surface area (Å²) in [5, 5.41) is 17.5.